The molecule has 4 rings (SSSR count). The van der Waals surface area contributed by atoms with Crippen LogP contribution < -0.4 is 5.32 Å². The highest BCUT2D eigenvalue weighted by Crippen LogP contribution is 2.32. The van der Waals surface area contributed by atoms with Gasteiger partial charge in [0.05, 0.1) is 48.4 Å². The van der Waals surface area contributed by atoms with Gasteiger partial charge in [0.25, 0.3) is 0 Å². The lowest BCUT2D eigenvalue weighted by molar-refractivity contribution is -0.126. The summed E-state index contributed by atoms with van der Waals surface area (Å²) in [6.45, 7) is 10.8. The van der Waals surface area contributed by atoms with Gasteiger partial charge < -0.3 is 14.6 Å². The molecule has 0 aliphatic carbocycles. The quantitative estimate of drug-likeness (QED) is 0.605. The Labute approximate surface area is 187 Å². The molecule has 1 saturated heterocycles. The van der Waals surface area contributed by atoms with E-state index < -0.39 is 0 Å². The topological polar surface area (TPSA) is 98.3 Å². The summed E-state index contributed by atoms with van der Waals surface area (Å²) in [7, 11) is 0. The second-order valence-corrected chi connectivity index (χ2v) is 8.45. The Kier molecular flexibility index (Phi) is 6.66. The third kappa shape index (κ3) is 5.23. The number of pyridine rings is 1. The molecule has 9 heteroatoms. The molecule has 1 amide bonds. The van der Waals surface area contributed by atoms with E-state index >= 15 is 0 Å². The molecule has 0 spiro atoms. The lowest BCUT2D eigenvalue weighted by atomic mass is 10.1. The number of hydrogen-bond acceptors (Lipinski definition) is 7. The van der Waals surface area contributed by atoms with E-state index in [-0.39, 0.29) is 18.1 Å². The molecule has 170 valence electrons. The van der Waals surface area contributed by atoms with Crippen LogP contribution in [0, 0.1) is 13.8 Å². The third-order valence-electron chi connectivity index (χ3n) is 5.43. The van der Waals surface area contributed by atoms with Gasteiger partial charge in [-0.05, 0) is 39.8 Å². The molecule has 3 aromatic rings. The second kappa shape index (κ2) is 9.62. The maximum absolute atomic E-state index is 12.5. The van der Waals surface area contributed by atoms with Crippen molar-refractivity contribution in [3.8, 4) is 22.6 Å². The molecule has 0 aromatic carbocycles. The molecule has 0 radical (unpaired) electrons. The minimum Gasteiger partial charge on any atom is -0.373 e. The average Bonchev–Trinajstić information content (AvgIpc) is 3.34. The van der Waals surface area contributed by atoms with Crippen LogP contribution in [0.3, 0.4) is 0 Å². The number of hydrogen-bond donors (Lipinski definition) is 1. The van der Waals surface area contributed by atoms with Gasteiger partial charge in [-0.2, -0.15) is 5.10 Å². The van der Waals surface area contributed by atoms with Crippen LogP contribution in [-0.2, 0) is 16.1 Å². The van der Waals surface area contributed by atoms with Crippen molar-refractivity contribution in [1.29, 1.82) is 0 Å². The van der Waals surface area contributed by atoms with Crippen LogP contribution in [0.4, 0.5) is 0 Å². The zero-order valence-corrected chi connectivity index (χ0v) is 19.0. The predicted molar refractivity (Wildman–Crippen MR) is 120 cm³/mol. The highest BCUT2D eigenvalue weighted by atomic mass is 16.5. The van der Waals surface area contributed by atoms with Gasteiger partial charge in [0.2, 0.25) is 5.91 Å². The molecule has 32 heavy (non-hydrogen) atoms. The lowest BCUT2D eigenvalue weighted by Crippen LogP contribution is -2.49. The third-order valence-corrected chi connectivity index (χ3v) is 5.43. The normalized spacial score (nSPS) is 19.2. The van der Waals surface area contributed by atoms with Crippen molar-refractivity contribution in [3.05, 3.63) is 42.0 Å². The fourth-order valence-corrected chi connectivity index (χ4v) is 4.11. The lowest BCUT2D eigenvalue weighted by Gasteiger charge is -2.34. The Morgan fingerprint density at radius 2 is 1.94 bits per heavy atom. The summed E-state index contributed by atoms with van der Waals surface area (Å²) in [5.74, 6) is 0.659. The largest absolute Gasteiger partial charge is 0.373 e. The molecular weight excluding hydrogens is 408 g/mol. The Morgan fingerprint density at radius 1 is 1.16 bits per heavy atom. The summed E-state index contributed by atoms with van der Waals surface area (Å²) in [6.07, 6.45) is 3.88. The van der Waals surface area contributed by atoms with E-state index in [0.29, 0.717) is 25.4 Å². The minimum absolute atomic E-state index is 0.00286. The first kappa shape index (κ1) is 22.2. The predicted octanol–water partition coefficient (Wildman–Crippen LogP) is 2.44. The van der Waals surface area contributed by atoms with Gasteiger partial charge in [-0.25, -0.2) is 0 Å². The number of aromatic nitrogens is 4. The van der Waals surface area contributed by atoms with E-state index in [4.69, 9.17) is 9.26 Å². The standard InChI is InChI=1S/C23H30N6O3/c1-15-5-6-19(10-25-15)23-20(21-9-16(2)27-32-21)11-26-29(23)8-7-24-22(30)14-28-12-17(3)31-18(4)13-28/h5-6,9-11,17-18H,7-8,12-14H2,1-4H3,(H,24,30)/t17-,18+. The summed E-state index contributed by atoms with van der Waals surface area (Å²) >= 11 is 0. The first-order chi connectivity index (χ1) is 15.4. The number of nitrogens with zero attached hydrogens (tertiary/aromatic N) is 5. The van der Waals surface area contributed by atoms with Gasteiger partial charge >= 0.3 is 0 Å². The van der Waals surface area contributed by atoms with E-state index in [1.165, 1.54) is 0 Å². The monoisotopic (exact) mass is 438 g/mol. The van der Waals surface area contributed by atoms with Gasteiger partial charge in [0.1, 0.15) is 0 Å². The number of carbonyl (C=O) groups excluding carboxylic acids is 1. The first-order valence-electron chi connectivity index (χ1n) is 11.0. The molecule has 1 aliphatic rings. The Hall–Kier alpha value is -3.04. The highest BCUT2D eigenvalue weighted by Gasteiger charge is 2.24. The summed E-state index contributed by atoms with van der Waals surface area (Å²) in [4.78, 5) is 19.0. The molecule has 1 N–H and O–H groups in total. The summed E-state index contributed by atoms with van der Waals surface area (Å²) < 4.78 is 13.1. The van der Waals surface area contributed by atoms with E-state index in [2.05, 4.69) is 25.5 Å². The molecule has 4 heterocycles. The second-order valence-electron chi connectivity index (χ2n) is 8.45. The van der Waals surface area contributed by atoms with Gasteiger partial charge in [-0.3, -0.25) is 19.4 Å². The Balaban J connectivity index is 1.45. The van der Waals surface area contributed by atoms with Gasteiger partial charge in [-0.1, -0.05) is 5.16 Å². The number of aryl methyl sites for hydroxylation is 2. The molecule has 0 bridgehead atoms. The molecule has 0 unspecified atom stereocenters. The van der Waals surface area contributed by atoms with E-state index in [0.717, 1.165) is 41.3 Å². The van der Waals surface area contributed by atoms with Crippen molar-refractivity contribution in [1.82, 2.24) is 30.1 Å². The maximum Gasteiger partial charge on any atom is 0.234 e. The van der Waals surface area contributed by atoms with Crippen LogP contribution in [-0.4, -0.2) is 69.1 Å². The Bertz CT molecular complexity index is 1050. The smallest absolute Gasteiger partial charge is 0.234 e. The molecule has 2 atom stereocenters. The van der Waals surface area contributed by atoms with Crippen LogP contribution in [0.15, 0.2) is 35.1 Å². The van der Waals surface area contributed by atoms with Crippen LogP contribution in [0.25, 0.3) is 22.6 Å². The van der Waals surface area contributed by atoms with Crippen molar-refractivity contribution in [2.75, 3.05) is 26.2 Å². The fourth-order valence-electron chi connectivity index (χ4n) is 4.11. The van der Waals surface area contributed by atoms with Crippen LogP contribution in [0.1, 0.15) is 25.2 Å². The van der Waals surface area contributed by atoms with Crippen molar-refractivity contribution in [3.63, 3.8) is 0 Å². The van der Waals surface area contributed by atoms with Gasteiger partial charge in [0.15, 0.2) is 5.76 Å². The summed E-state index contributed by atoms with van der Waals surface area (Å²) in [6, 6.07) is 5.87. The van der Waals surface area contributed by atoms with Crippen molar-refractivity contribution >= 4 is 5.91 Å². The van der Waals surface area contributed by atoms with Gasteiger partial charge in [-0.15, -0.1) is 0 Å². The number of rotatable bonds is 7. The van der Waals surface area contributed by atoms with Crippen molar-refractivity contribution in [2.45, 2.75) is 46.4 Å². The van der Waals surface area contributed by atoms with Crippen molar-refractivity contribution in [2.24, 2.45) is 0 Å². The molecule has 0 saturated carbocycles. The van der Waals surface area contributed by atoms with Gasteiger partial charge in [0, 0.05) is 43.2 Å². The zero-order chi connectivity index (χ0) is 22.7. The maximum atomic E-state index is 12.5. The number of morpholine rings is 1. The zero-order valence-electron chi connectivity index (χ0n) is 19.0. The van der Waals surface area contributed by atoms with E-state index in [9.17, 15) is 4.79 Å². The molecular formula is C23H30N6O3. The van der Waals surface area contributed by atoms with Crippen LogP contribution >= 0.6 is 0 Å². The number of carbonyl (C=O) groups is 1. The average molecular weight is 439 g/mol. The van der Waals surface area contributed by atoms with Crippen LogP contribution in [0.5, 0.6) is 0 Å². The Morgan fingerprint density at radius 3 is 2.59 bits per heavy atom. The summed E-state index contributed by atoms with van der Waals surface area (Å²) in [5.41, 5.74) is 4.41. The molecule has 9 nitrogen and oxygen atoms in total. The SMILES string of the molecule is Cc1ccc(-c2c(-c3cc(C)no3)cnn2CCNC(=O)CN2C[C@@H](C)O[C@@H](C)C2)cn1. The van der Waals surface area contributed by atoms with Crippen LogP contribution in [0.2, 0.25) is 0 Å². The number of amides is 1. The first-order valence-corrected chi connectivity index (χ1v) is 11.0. The highest BCUT2D eigenvalue weighted by molar-refractivity contribution is 5.79. The molecule has 3 aromatic heterocycles. The minimum atomic E-state index is 0.00286. The molecule has 1 fully saturated rings. The number of nitrogens with one attached hydrogen (secondary N) is 1. The fraction of sp³-hybridized carbons (Fsp3) is 0.478. The summed E-state index contributed by atoms with van der Waals surface area (Å²) in [5, 5.41) is 11.6. The van der Waals surface area contributed by atoms with E-state index in [1.54, 1.807) is 6.20 Å². The van der Waals surface area contributed by atoms with E-state index in [1.807, 2.05) is 56.8 Å². The molecule has 1 aliphatic heterocycles. The number of ether oxygens (including phenoxy) is 1. The van der Waals surface area contributed by atoms with Crippen molar-refractivity contribution < 1.29 is 14.1 Å².